The highest BCUT2D eigenvalue weighted by molar-refractivity contribution is 6.18. The first-order valence-electron chi connectivity index (χ1n) is 5.34. The summed E-state index contributed by atoms with van der Waals surface area (Å²) < 4.78 is 10.9. The number of hydrogen-bond donors (Lipinski definition) is 0. The van der Waals surface area contributed by atoms with E-state index in [9.17, 15) is 0 Å². The van der Waals surface area contributed by atoms with Crippen molar-refractivity contribution in [1.29, 1.82) is 0 Å². The molecule has 0 saturated carbocycles. The molecule has 0 spiro atoms. The lowest BCUT2D eigenvalue weighted by molar-refractivity contribution is -0.0253. The second kappa shape index (κ2) is 7.46. The van der Waals surface area contributed by atoms with Gasteiger partial charge in [-0.2, -0.15) is 0 Å². The van der Waals surface area contributed by atoms with Gasteiger partial charge in [0.15, 0.2) is 0 Å². The molecule has 1 aliphatic rings. The van der Waals surface area contributed by atoms with Gasteiger partial charge in [0.2, 0.25) is 0 Å². The van der Waals surface area contributed by atoms with E-state index in [0.29, 0.717) is 5.88 Å². The summed E-state index contributed by atoms with van der Waals surface area (Å²) >= 11 is 5.75. The molecule has 0 N–H and O–H groups in total. The topological polar surface area (TPSA) is 21.7 Å². The molecule has 0 aliphatic carbocycles. The predicted molar refractivity (Wildman–Crippen MR) is 58.0 cm³/mol. The fourth-order valence-corrected chi connectivity index (χ4v) is 1.70. The number of hydrogen-bond acceptors (Lipinski definition) is 3. The van der Waals surface area contributed by atoms with E-state index in [1.165, 1.54) is 0 Å². The third kappa shape index (κ3) is 4.60. The molecule has 1 unspecified atom stereocenters. The lowest BCUT2D eigenvalue weighted by atomic mass is 10.3. The van der Waals surface area contributed by atoms with Crippen LogP contribution < -0.4 is 0 Å². The molecule has 0 aromatic carbocycles. The molecule has 1 fully saturated rings. The van der Waals surface area contributed by atoms with Crippen LogP contribution in [0.3, 0.4) is 0 Å². The maximum atomic E-state index is 5.75. The SMILES string of the molecule is CCCOCCN1CCOC(CCl)C1. The Kier molecular flexibility index (Phi) is 6.52. The normalized spacial score (nSPS) is 24.0. The Morgan fingerprint density at radius 2 is 2.36 bits per heavy atom. The fourth-order valence-electron chi connectivity index (χ4n) is 1.52. The standard InChI is InChI=1S/C10H20ClNO2/c1-2-5-13-6-3-12-4-7-14-10(8-11)9-12/h10H,2-9H2,1H3. The Hall–Kier alpha value is 0.170. The van der Waals surface area contributed by atoms with E-state index in [1.807, 2.05) is 0 Å². The van der Waals surface area contributed by atoms with Crippen LogP contribution in [-0.4, -0.2) is 56.3 Å². The Balaban J connectivity index is 2.05. The van der Waals surface area contributed by atoms with Gasteiger partial charge in [0.25, 0.3) is 0 Å². The summed E-state index contributed by atoms with van der Waals surface area (Å²) in [6.45, 7) is 7.55. The van der Waals surface area contributed by atoms with Crippen LogP contribution in [-0.2, 0) is 9.47 Å². The highest BCUT2D eigenvalue weighted by atomic mass is 35.5. The van der Waals surface area contributed by atoms with Gasteiger partial charge in [-0.15, -0.1) is 11.6 Å². The third-order valence-corrected chi connectivity index (χ3v) is 2.64. The van der Waals surface area contributed by atoms with Gasteiger partial charge in [-0.1, -0.05) is 6.92 Å². The molecule has 0 amide bonds. The van der Waals surface area contributed by atoms with E-state index in [-0.39, 0.29) is 6.10 Å². The monoisotopic (exact) mass is 221 g/mol. The van der Waals surface area contributed by atoms with Gasteiger partial charge in [0, 0.05) is 32.1 Å². The molecule has 0 aromatic rings. The van der Waals surface area contributed by atoms with Crippen LogP contribution in [0.5, 0.6) is 0 Å². The molecule has 0 bridgehead atoms. The molecule has 3 nitrogen and oxygen atoms in total. The number of ether oxygens (including phenoxy) is 2. The minimum Gasteiger partial charge on any atom is -0.380 e. The van der Waals surface area contributed by atoms with Crippen molar-refractivity contribution in [3.63, 3.8) is 0 Å². The Bertz CT molecular complexity index is 146. The largest absolute Gasteiger partial charge is 0.380 e. The molecular weight excluding hydrogens is 202 g/mol. The third-order valence-electron chi connectivity index (χ3n) is 2.30. The summed E-state index contributed by atoms with van der Waals surface area (Å²) in [5, 5.41) is 0. The van der Waals surface area contributed by atoms with Crippen LogP contribution in [0.2, 0.25) is 0 Å². The van der Waals surface area contributed by atoms with E-state index in [2.05, 4.69) is 11.8 Å². The van der Waals surface area contributed by atoms with Gasteiger partial charge in [0.1, 0.15) is 0 Å². The van der Waals surface area contributed by atoms with Crippen molar-refractivity contribution in [3.05, 3.63) is 0 Å². The molecule has 0 radical (unpaired) electrons. The van der Waals surface area contributed by atoms with Crippen molar-refractivity contribution in [3.8, 4) is 0 Å². The lowest BCUT2D eigenvalue weighted by Gasteiger charge is -2.31. The number of halogens is 1. The molecule has 1 rings (SSSR count). The van der Waals surface area contributed by atoms with Crippen molar-refractivity contribution in [1.82, 2.24) is 4.90 Å². The van der Waals surface area contributed by atoms with E-state index >= 15 is 0 Å². The highest BCUT2D eigenvalue weighted by Crippen LogP contribution is 2.06. The molecule has 0 aromatic heterocycles. The van der Waals surface area contributed by atoms with Gasteiger partial charge in [-0.05, 0) is 6.42 Å². The van der Waals surface area contributed by atoms with Crippen LogP contribution in [0.25, 0.3) is 0 Å². The summed E-state index contributed by atoms with van der Waals surface area (Å²) in [5.41, 5.74) is 0. The molecule has 4 heteroatoms. The first-order chi connectivity index (χ1) is 6.86. The quantitative estimate of drug-likeness (QED) is 0.499. The molecule has 1 saturated heterocycles. The van der Waals surface area contributed by atoms with Gasteiger partial charge in [-0.25, -0.2) is 0 Å². The average Bonchev–Trinajstić information content (AvgIpc) is 2.25. The van der Waals surface area contributed by atoms with Gasteiger partial charge in [0.05, 0.1) is 19.3 Å². The minimum absolute atomic E-state index is 0.205. The summed E-state index contributed by atoms with van der Waals surface area (Å²) in [6, 6.07) is 0. The fraction of sp³-hybridized carbons (Fsp3) is 1.00. The van der Waals surface area contributed by atoms with E-state index in [1.54, 1.807) is 0 Å². The average molecular weight is 222 g/mol. The van der Waals surface area contributed by atoms with Gasteiger partial charge < -0.3 is 9.47 Å². The van der Waals surface area contributed by atoms with Crippen molar-refractivity contribution < 1.29 is 9.47 Å². The lowest BCUT2D eigenvalue weighted by Crippen LogP contribution is -2.44. The summed E-state index contributed by atoms with van der Waals surface area (Å²) in [5.74, 6) is 0.590. The molecule has 1 heterocycles. The summed E-state index contributed by atoms with van der Waals surface area (Å²) in [7, 11) is 0. The highest BCUT2D eigenvalue weighted by Gasteiger charge is 2.18. The second-order valence-electron chi connectivity index (χ2n) is 3.56. The molecule has 1 aliphatic heterocycles. The number of rotatable bonds is 6. The molecule has 14 heavy (non-hydrogen) atoms. The van der Waals surface area contributed by atoms with Crippen molar-refractivity contribution in [2.75, 3.05) is 45.3 Å². The Labute approximate surface area is 91.3 Å². The second-order valence-corrected chi connectivity index (χ2v) is 3.87. The molecule has 1 atom stereocenters. The van der Waals surface area contributed by atoms with Crippen LogP contribution >= 0.6 is 11.6 Å². The smallest absolute Gasteiger partial charge is 0.0837 e. The first kappa shape index (κ1) is 12.2. The van der Waals surface area contributed by atoms with Crippen molar-refractivity contribution >= 4 is 11.6 Å². The predicted octanol–water partition coefficient (Wildman–Crippen LogP) is 1.35. The molecule has 84 valence electrons. The summed E-state index contributed by atoms with van der Waals surface area (Å²) in [4.78, 5) is 2.35. The van der Waals surface area contributed by atoms with Gasteiger partial charge >= 0.3 is 0 Å². The first-order valence-corrected chi connectivity index (χ1v) is 5.88. The number of alkyl halides is 1. The van der Waals surface area contributed by atoms with Gasteiger partial charge in [-0.3, -0.25) is 4.90 Å². The Morgan fingerprint density at radius 1 is 1.50 bits per heavy atom. The zero-order valence-corrected chi connectivity index (χ0v) is 9.63. The zero-order valence-electron chi connectivity index (χ0n) is 8.88. The minimum atomic E-state index is 0.205. The van der Waals surface area contributed by atoms with E-state index in [0.717, 1.165) is 45.9 Å². The van der Waals surface area contributed by atoms with E-state index in [4.69, 9.17) is 21.1 Å². The van der Waals surface area contributed by atoms with Crippen molar-refractivity contribution in [2.45, 2.75) is 19.4 Å². The van der Waals surface area contributed by atoms with Crippen molar-refractivity contribution in [2.24, 2.45) is 0 Å². The number of morpholine rings is 1. The van der Waals surface area contributed by atoms with Crippen LogP contribution in [0.15, 0.2) is 0 Å². The zero-order chi connectivity index (χ0) is 10.2. The molecular formula is C10H20ClNO2. The van der Waals surface area contributed by atoms with Crippen LogP contribution in [0.1, 0.15) is 13.3 Å². The Morgan fingerprint density at radius 3 is 3.07 bits per heavy atom. The maximum absolute atomic E-state index is 5.75. The van der Waals surface area contributed by atoms with E-state index < -0.39 is 0 Å². The van der Waals surface area contributed by atoms with Crippen LogP contribution in [0, 0.1) is 0 Å². The van der Waals surface area contributed by atoms with Crippen LogP contribution in [0.4, 0.5) is 0 Å². The maximum Gasteiger partial charge on any atom is 0.0837 e. The number of nitrogens with zero attached hydrogens (tertiary/aromatic N) is 1. The summed E-state index contributed by atoms with van der Waals surface area (Å²) in [6.07, 6.45) is 1.30.